The largest absolute Gasteiger partial charge is 0.466 e. The Bertz CT molecular complexity index is 246. The Morgan fingerprint density at radius 1 is 0.941 bits per heavy atom. The van der Waals surface area contributed by atoms with Crippen molar-refractivity contribution in [2.75, 3.05) is 13.7 Å². The van der Waals surface area contributed by atoms with Gasteiger partial charge in [-0.15, -0.1) is 0 Å². The number of esters is 2. The lowest BCUT2D eigenvalue weighted by molar-refractivity contribution is -0.139. The highest BCUT2D eigenvalue weighted by Crippen LogP contribution is 2.04. The summed E-state index contributed by atoms with van der Waals surface area (Å²) in [6.45, 7) is 2.59. The van der Waals surface area contributed by atoms with Gasteiger partial charge in [0.05, 0.1) is 13.7 Å². The van der Waals surface area contributed by atoms with Crippen LogP contribution in [0.5, 0.6) is 0 Å². The van der Waals surface area contributed by atoms with Crippen molar-refractivity contribution in [3.63, 3.8) is 0 Å². The van der Waals surface area contributed by atoms with E-state index in [1.165, 1.54) is 32.8 Å². The Hall–Kier alpha value is -1.32. The minimum Gasteiger partial charge on any atom is -0.466 e. The lowest BCUT2D eigenvalue weighted by Gasteiger charge is -2.01. The first-order chi connectivity index (χ1) is 8.20. The summed E-state index contributed by atoms with van der Waals surface area (Å²) in [5, 5.41) is 0. The lowest BCUT2D eigenvalue weighted by Crippen LogP contribution is -2.04. The molecule has 0 aromatic carbocycles. The summed E-state index contributed by atoms with van der Waals surface area (Å²) in [6, 6.07) is 0. The Balaban J connectivity index is 3.39. The molecular weight excluding hydrogens is 220 g/mol. The van der Waals surface area contributed by atoms with Crippen LogP contribution in [0.3, 0.4) is 0 Å². The second-order valence-corrected chi connectivity index (χ2v) is 3.79. The van der Waals surface area contributed by atoms with E-state index < -0.39 is 11.9 Å². The smallest absolute Gasteiger partial charge is 0.331 e. The molecule has 0 aromatic rings. The third kappa shape index (κ3) is 11.0. The molecule has 0 N–H and O–H groups in total. The van der Waals surface area contributed by atoms with Gasteiger partial charge in [-0.3, -0.25) is 0 Å². The molecule has 0 atom stereocenters. The van der Waals surface area contributed by atoms with Crippen LogP contribution in [0.25, 0.3) is 0 Å². The minimum atomic E-state index is -0.554. The predicted octanol–water partition coefficient (Wildman–Crippen LogP) is 2.62. The number of carbonyl (C=O) groups excluding carboxylic acids is 2. The summed E-state index contributed by atoms with van der Waals surface area (Å²) < 4.78 is 9.26. The molecule has 0 rings (SSSR count). The van der Waals surface area contributed by atoms with Gasteiger partial charge in [-0.25, -0.2) is 9.59 Å². The Morgan fingerprint density at radius 2 is 1.53 bits per heavy atom. The fourth-order valence-corrected chi connectivity index (χ4v) is 1.31. The molecule has 0 bridgehead atoms. The fourth-order valence-electron chi connectivity index (χ4n) is 1.31. The van der Waals surface area contributed by atoms with Crippen LogP contribution in [0.15, 0.2) is 12.2 Å². The van der Waals surface area contributed by atoms with E-state index in [2.05, 4.69) is 11.7 Å². The first-order valence-corrected chi connectivity index (χ1v) is 6.13. The molecule has 0 fully saturated rings. The third-order valence-electron chi connectivity index (χ3n) is 2.30. The second kappa shape index (κ2) is 11.2. The zero-order valence-corrected chi connectivity index (χ0v) is 10.7. The van der Waals surface area contributed by atoms with E-state index in [-0.39, 0.29) is 0 Å². The highest BCUT2D eigenvalue weighted by Gasteiger charge is 1.99. The average molecular weight is 242 g/mol. The zero-order valence-electron chi connectivity index (χ0n) is 10.7. The van der Waals surface area contributed by atoms with Crippen LogP contribution >= 0.6 is 0 Å². The van der Waals surface area contributed by atoms with Gasteiger partial charge in [0, 0.05) is 12.2 Å². The van der Waals surface area contributed by atoms with Gasteiger partial charge in [-0.2, -0.15) is 0 Å². The molecule has 0 aromatic heterocycles. The van der Waals surface area contributed by atoms with Crippen LogP contribution in [-0.4, -0.2) is 25.7 Å². The van der Waals surface area contributed by atoms with Crippen molar-refractivity contribution < 1.29 is 19.1 Å². The molecule has 0 spiro atoms. The van der Waals surface area contributed by atoms with Crippen LogP contribution in [-0.2, 0) is 19.1 Å². The first-order valence-electron chi connectivity index (χ1n) is 6.13. The number of rotatable bonds is 9. The molecule has 0 amide bonds. The van der Waals surface area contributed by atoms with Crippen LogP contribution in [0.1, 0.15) is 45.4 Å². The topological polar surface area (TPSA) is 52.6 Å². The molecule has 0 unspecified atom stereocenters. The van der Waals surface area contributed by atoms with E-state index in [4.69, 9.17) is 4.74 Å². The van der Waals surface area contributed by atoms with Crippen molar-refractivity contribution in [3.05, 3.63) is 12.2 Å². The molecule has 98 valence electrons. The minimum absolute atomic E-state index is 0.413. The Kier molecular flexibility index (Phi) is 10.3. The molecule has 4 heteroatoms. The molecular formula is C13H22O4. The molecule has 17 heavy (non-hydrogen) atoms. The first kappa shape index (κ1) is 15.7. The molecule has 0 aliphatic heterocycles. The number of hydrogen-bond acceptors (Lipinski definition) is 4. The molecule has 4 nitrogen and oxygen atoms in total. The van der Waals surface area contributed by atoms with Gasteiger partial charge in [-0.05, 0) is 6.42 Å². The van der Waals surface area contributed by atoms with E-state index in [1.54, 1.807) is 0 Å². The van der Waals surface area contributed by atoms with Crippen LogP contribution in [0.4, 0.5) is 0 Å². The van der Waals surface area contributed by atoms with Crippen LogP contribution in [0.2, 0.25) is 0 Å². The predicted molar refractivity (Wildman–Crippen MR) is 65.5 cm³/mol. The third-order valence-corrected chi connectivity index (χ3v) is 2.30. The quantitative estimate of drug-likeness (QED) is 0.354. The number of ether oxygens (including phenoxy) is 2. The van der Waals surface area contributed by atoms with Gasteiger partial charge in [0.2, 0.25) is 0 Å². The summed E-state index contributed by atoms with van der Waals surface area (Å²) in [6.07, 6.45) is 9.02. The van der Waals surface area contributed by atoms with E-state index in [1.807, 2.05) is 0 Å². The van der Waals surface area contributed by atoms with Crippen molar-refractivity contribution in [1.82, 2.24) is 0 Å². The molecule has 0 saturated carbocycles. The van der Waals surface area contributed by atoms with Crippen molar-refractivity contribution in [1.29, 1.82) is 0 Å². The van der Waals surface area contributed by atoms with Crippen molar-refractivity contribution in [2.24, 2.45) is 0 Å². The van der Waals surface area contributed by atoms with E-state index in [9.17, 15) is 9.59 Å². The molecule has 0 radical (unpaired) electrons. The molecule has 0 aliphatic rings. The van der Waals surface area contributed by atoms with Crippen molar-refractivity contribution >= 4 is 11.9 Å². The van der Waals surface area contributed by atoms with Gasteiger partial charge >= 0.3 is 11.9 Å². The molecule has 0 heterocycles. The number of methoxy groups -OCH3 is 1. The lowest BCUT2D eigenvalue weighted by atomic mass is 10.1. The zero-order chi connectivity index (χ0) is 12.9. The number of carbonyl (C=O) groups is 2. The highest BCUT2D eigenvalue weighted by molar-refractivity contribution is 5.91. The highest BCUT2D eigenvalue weighted by atomic mass is 16.5. The van der Waals surface area contributed by atoms with Crippen molar-refractivity contribution in [2.45, 2.75) is 45.4 Å². The van der Waals surface area contributed by atoms with E-state index >= 15 is 0 Å². The maximum absolute atomic E-state index is 11.1. The molecule has 0 aliphatic carbocycles. The van der Waals surface area contributed by atoms with Gasteiger partial charge in [-0.1, -0.05) is 39.0 Å². The SMILES string of the molecule is CCCCCCCCOC(=O)C=CC(=O)OC. The van der Waals surface area contributed by atoms with Crippen LogP contribution in [0, 0.1) is 0 Å². The van der Waals surface area contributed by atoms with Crippen LogP contribution < -0.4 is 0 Å². The summed E-state index contributed by atoms with van der Waals surface area (Å²) in [4.78, 5) is 21.8. The summed E-state index contributed by atoms with van der Waals surface area (Å²) in [5.41, 5.74) is 0. The number of hydrogen-bond donors (Lipinski definition) is 0. The van der Waals surface area contributed by atoms with Gasteiger partial charge in [0.25, 0.3) is 0 Å². The summed E-state index contributed by atoms with van der Waals surface area (Å²) in [5.74, 6) is -1.05. The standard InChI is InChI=1S/C13H22O4/c1-3-4-5-6-7-8-11-17-13(15)10-9-12(14)16-2/h9-10H,3-8,11H2,1-2H3. The second-order valence-electron chi connectivity index (χ2n) is 3.79. The molecule has 0 saturated heterocycles. The van der Waals surface area contributed by atoms with Gasteiger partial charge in [0.15, 0.2) is 0 Å². The monoisotopic (exact) mass is 242 g/mol. The maximum atomic E-state index is 11.1. The normalized spacial score (nSPS) is 10.5. The van der Waals surface area contributed by atoms with Gasteiger partial charge in [0.1, 0.15) is 0 Å². The average Bonchev–Trinajstić information content (AvgIpc) is 2.34. The summed E-state index contributed by atoms with van der Waals surface area (Å²) >= 11 is 0. The summed E-state index contributed by atoms with van der Waals surface area (Å²) in [7, 11) is 1.26. The number of unbranched alkanes of at least 4 members (excludes halogenated alkanes) is 5. The fraction of sp³-hybridized carbons (Fsp3) is 0.692. The van der Waals surface area contributed by atoms with E-state index in [0.717, 1.165) is 25.0 Å². The van der Waals surface area contributed by atoms with Crippen molar-refractivity contribution in [3.8, 4) is 0 Å². The van der Waals surface area contributed by atoms with Gasteiger partial charge < -0.3 is 9.47 Å². The Labute approximate surface area is 103 Å². The maximum Gasteiger partial charge on any atom is 0.331 e. The Morgan fingerprint density at radius 3 is 2.18 bits per heavy atom. The van der Waals surface area contributed by atoms with E-state index in [0.29, 0.717) is 6.61 Å².